The molecule has 0 radical (unpaired) electrons. The minimum atomic E-state index is -0.915. The molecule has 1 fully saturated rings. The topological polar surface area (TPSA) is 76.1 Å². The lowest BCUT2D eigenvalue weighted by atomic mass is 10.0. The highest BCUT2D eigenvalue weighted by Crippen LogP contribution is 2.20. The first-order chi connectivity index (χ1) is 8.47. The van der Waals surface area contributed by atoms with Crippen molar-refractivity contribution in [2.75, 3.05) is 34.0 Å². The monoisotopic (exact) mass is 259 g/mol. The molecule has 1 amide bonds. The first kappa shape index (κ1) is 14.9. The van der Waals surface area contributed by atoms with Crippen LogP contribution in [-0.4, -0.2) is 61.9 Å². The van der Waals surface area contributed by atoms with Crippen molar-refractivity contribution < 1.29 is 24.2 Å². The number of carbonyl (C=O) groups is 2. The van der Waals surface area contributed by atoms with Gasteiger partial charge in [-0.2, -0.15) is 0 Å². The Hall–Kier alpha value is -1.14. The molecule has 1 saturated heterocycles. The van der Waals surface area contributed by atoms with Gasteiger partial charge in [0, 0.05) is 27.2 Å². The molecule has 1 aliphatic heterocycles. The van der Waals surface area contributed by atoms with Crippen LogP contribution in [0.3, 0.4) is 0 Å². The first-order valence-corrected chi connectivity index (χ1v) is 6.02. The van der Waals surface area contributed by atoms with Crippen molar-refractivity contribution in [3.63, 3.8) is 0 Å². The Balaban J connectivity index is 2.55. The van der Waals surface area contributed by atoms with E-state index in [1.807, 2.05) is 6.92 Å². The number of rotatable bonds is 6. The number of aliphatic carboxylic acids is 1. The molecule has 0 aromatic carbocycles. The number of carbonyl (C=O) groups excluding carboxylic acids is 1. The van der Waals surface area contributed by atoms with Crippen molar-refractivity contribution in [2.45, 2.75) is 19.4 Å². The van der Waals surface area contributed by atoms with E-state index in [0.29, 0.717) is 13.0 Å². The van der Waals surface area contributed by atoms with Gasteiger partial charge in [0.1, 0.15) is 5.92 Å². The van der Waals surface area contributed by atoms with Crippen LogP contribution in [0.25, 0.3) is 0 Å². The predicted octanol–water partition coefficient (Wildman–Crippen LogP) is 0.217. The largest absolute Gasteiger partial charge is 0.481 e. The van der Waals surface area contributed by atoms with Crippen LogP contribution >= 0.6 is 0 Å². The molecule has 1 aliphatic rings. The van der Waals surface area contributed by atoms with Crippen LogP contribution in [0.15, 0.2) is 0 Å². The molecule has 0 aromatic rings. The normalized spacial score (nSPS) is 24.8. The summed E-state index contributed by atoms with van der Waals surface area (Å²) in [7, 11) is 3.23. The van der Waals surface area contributed by atoms with Gasteiger partial charge in [-0.15, -0.1) is 0 Å². The molecule has 1 N–H and O–H groups in total. The van der Waals surface area contributed by atoms with Crippen LogP contribution in [0, 0.1) is 11.8 Å². The summed E-state index contributed by atoms with van der Waals surface area (Å²) in [4.78, 5) is 24.5. The minimum absolute atomic E-state index is 0.0682. The van der Waals surface area contributed by atoms with E-state index >= 15 is 0 Å². The maximum atomic E-state index is 12.0. The summed E-state index contributed by atoms with van der Waals surface area (Å²) in [6, 6.07) is -0.371. The van der Waals surface area contributed by atoms with Crippen LogP contribution in [0.5, 0.6) is 0 Å². The molecule has 3 atom stereocenters. The van der Waals surface area contributed by atoms with Crippen LogP contribution < -0.4 is 0 Å². The number of likely N-dealkylation sites (N-methyl/N-ethyl adjacent to an activating group) is 1. The smallest absolute Gasteiger partial charge is 0.311 e. The van der Waals surface area contributed by atoms with E-state index in [-0.39, 0.29) is 31.1 Å². The van der Waals surface area contributed by atoms with Gasteiger partial charge < -0.3 is 19.5 Å². The molecular formula is C12H21NO5. The van der Waals surface area contributed by atoms with E-state index in [1.165, 1.54) is 4.90 Å². The zero-order valence-corrected chi connectivity index (χ0v) is 11.1. The Morgan fingerprint density at radius 3 is 2.72 bits per heavy atom. The fourth-order valence-corrected chi connectivity index (χ4v) is 2.13. The van der Waals surface area contributed by atoms with Gasteiger partial charge >= 0.3 is 5.97 Å². The fourth-order valence-electron chi connectivity index (χ4n) is 2.13. The van der Waals surface area contributed by atoms with Gasteiger partial charge in [-0.1, -0.05) is 6.92 Å². The third-order valence-electron chi connectivity index (χ3n) is 3.23. The molecular weight excluding hydrogens is 238 g/mol. The average molecular weight is 259 g/mol. The zero-order valence-electron chi connectivity index (χ0n) is 11.1. The van der Waals surface area contributed by atoms with Crippen molar-refractivity contribution in [3.05, 3.63) is 0 Å². The van der Waals surface area contributed by atoms with E-state index in [1.54, 1.807) is 14.2 Å². The molecule has 1 rings (SSSR count). The maximum Gasteiger partial charge on any atom is 0.311 e. The molecule has 0 bridgehead atoms. The van der Waals surface area contributed by atoms with Crippen molar-refractivity contribution >= 4 is 11.9 Å². The lowest BCUT2D eigenvalue weighted by Crippen LogP contribution is -2.44. The number of nitrogens with zero attached hydrogens (tertiary/aromatic N) is 1. The van der Waals surface area contributed by atoms with Gasteiger partial charge in [0.05, 0.1) is 19.3 Å². The van der Waals surface area contributed by atoms with E-state index in [4.69, 9.17) is 14.6 Å². The molecule has 0 spiro atoms. The van der Waals surface area contributed by atoms with Gasteiger partial charge in [0.15, 0.2) is 0 Å². The SMILES string of the molecule is COCC(C)CC(=O)N(C)C1COCC1C(=O)O. The zero-order chi connectivity index (χ0) is 13.7. The van der Waals surface area contributed by atoms with Crippen LogP contribution in [0.2, 0.25) is 0 Å². The second-order valence-corrected chi connectivity index (χ2v) is 4.82. The number of hydrogen-bond donors (Lipinski definition) is 1. The van der Waals surface area contributed by atoms with E-state index in [0.717, 1.165) is 0 Å². The van der Waals surface area contributed by atoms with Gasteiger partial charge in [-0.3, -0.25) is 9.59 Å². The third-order valence-corrected chi connectivity index (χ3v) is 3.23. The maximum absolute atomic E-state index is 12.0. The van der Waals surface area contributed by atoms with Gasteiger partial charge in [-0.05, 0) is 5.92 Å². The molecule has 0 aromatic heterocycles. The van der Waals surface area contributed by atoms with Gasteiger partial charge in [0.2, 0.25) is 5.91 Å². The number of amides is 1. The average Bonchev–Trinajstić information content (AvgIpc) is 2.76. The number of hydrogen-bond acceptors (Lipinski definition) is 4. The third kappa shape index (κ3) is 3.68. The Kier molecular flexibility index (Phi) is 5.55. The van der Waals surface area contributed by atoms with Crippen LogP contribution in [0.4, 0.5) is 0 Å². The highest BCUT2D eigenvalue weighted by atomic mass is 16.5. The lowest BCUT2D eigenvalue weighted by Gasteiger charge is -2.27. The number of carboxylic acid groups (broad SMARTS) is 1. The van der Waals surface area contributed by atoms with E-state index in [9.17, 15) is 9.59 Å². The Labute approximate surface area is 107 Å². The molecule has 104 valence electrons. The molecule has 18 heavy (non-hydrogen) atoms. The van der Waals surface area contributed by atoms with E-state index < -0.39 is 11.9 Å². The van der Waals surface area contributed by atoms with Crippen molar-refractivity contribution in [3.8, 4) is 0 Å². The highest BCUT2D eigenvalue weighted by Gasteiger charge is 2.38. The predicted molar refractivity (Wildman–Crippen MR) is 64.2 cm³/mol. The Morgan fingerprint density at radius 2 is 2.17 bits per heavy atom. The van der Waals surface area contributed by atoms with Crippen molar-refractivity contribution in [1.82, 2.24) is 4.90 Å². The number of ether oxygens (including phenoxy) is 2. The highest BCUT2D eigenvalue weighted by molar-refractivity contribution is 5.78. The van der Waals surface area contributed by atoms with Crippen molar-refractivity contribution in [2.24, 2.45) is 11.8 Å². The Morgan fingerprint density at radius 1 is 1.50 bits per heavy atom. The van der Waals surface area contributed by atoms with Crippen molar-refractivity contribution in [1.29, 1.82) is 0 Å². The lowest BCUT2D eigenvalue weighted by molar-refractivity contribution is -0.144. The first-order valence-electron chi connectivity index (χ1n) is 6.02. The summed E-state index contributed by atoms with van der Waals surface area (Å²) in [6.07, 6.45) is 0.354. The summed E-state index contributed by atoms with van der Waals surface area (Å²) in [5, 5.41) is 9.04. The number of methoxy groups -OCH3 is 1. The molecule has 0 saturated carbocycles. The standard InChI is InChI=1S/C12H21NO5/c1-8(5-17-3)4-11(14)13(2)10-7-18-6-9(10)12(15)16/h8-10H,4-7H2,1-3H3,(H,15,16). The molecule has 6 nitrogen and oxygen atoms in total. The molecule has 6 heteroatoms. The fraction of sp³-hybridized carbons (Fsp3) is 0.833. The second-order valence-electron chi connectivity index (χ2n) is 4.82. The summed E-state index contributed by atoms with van der Waals surface area (Å²) < 4.78 is 10.1. The second kappa shape index (κ2) is 6.70. The summed E-state index contributed by atoms with van der Waals surface area (Å²) in [5.74, 6) is -1.49. The quantitative estimate of drug-likeness (QED) is 0.738. The minimum Gasteiger partial charge on any atom is -0.481 e. The molecule has 1 heterocycles. The molecule has 3 unspecified atom stereocenters. The Bertz CT molecular complexity index is 307. The van der Waals surface area contributed by atoms with E-state index in [2.05, 4.69) is 0 Å². The van der Waals surface area contributed by atoms with Crippen LogP contribution in [0.1, 0.15) is 13.3 Å². The van der Waals surface area contributed by atoms with Gasteiger partial charge in [-0.25, -0.2) is 0 Å². The summed E-state index contributed by atoms with van der Waals surface area (Å²) in [6.45, 7) is 2.90. The summed E-state index contributed by atoms with van der Waals surface area (Å²) in [5.41, 5.74) is 0. The summed E-state index contributed by atoms with van der Waals surface area (Å²) >= 11 is 0. The van der Waals surface area contributed by atoms with Gasteiger partial charge in [0.25, 0.3) is 0 Å². The van der Waals surface area contributed by atoms with Crippen LogP contribution in [-0.2, 0) is 19.1 Å². The number of carboxylic acids is 1. The molecule has 0 aliphatic carbocycles.